The Morgan fingerprint density at radius 1 is 0.840 bits per heavy atom. The summed E-state index contributed by atoms with van der Waals surface area (Å²) in [4.78, 5) is 24.5. The number of phenols is 1. The molecule has 3 aromatic carbocycles. The minimum atomic E-state index is -2.35. The Bertz CT molecular complexity index is 1620. The van der Waals surface area contributed by atoms with Gasteiger partial charge in [0.2, 0.25) is 0 Å². The van der Waals surface area contributed by atoms with Crippen molar-refractivity contribution in [1.82, 2.24) is 0 Å². The van der Waals surface area contributed by atoms with E-state index in [-0.39, 0.29) is 21.1 Å². The molecule has 0 heterocycles. The van der Waals surface area contributed by atoms with Gasteiger partial charge in [0.1, 0.15) is 17.8 Å². The van der Waals surface area contributed by atoms with Crippen LogP contribution in [0.15, 0.2) is 72.8 Å². The van der Waals surface area contributed by atoms with Gasteiger partial charge in [0.15, 0.2) is 8.32 Å². The fourth-order valence-electron chi connectivity index (χ4n) is 8.76. The van der Waals surface area contributed by atoms with Crippen LogP contribution in [0.2, 0.25) is 36.8 Å². The first-order chi connectivity index (χ1) is 23.2. The lowest BCUT2D eigenvalue weighted by Gasteiger charge is -2.58. The molecule has 7 heteroatoms. The Balaban J connectivity index is 1.92. The van der Waals surface area contributed by atoms with Crippen LogP contribution in [-0.2, 0) is 16.3 Å². The van der Waals surface area contributed by atoms with E-state index in [1.807, 2.05) is 30.3 Å². The average Bonchev–Trinajstić information content (AvgIpc) is 3.07. The molecule has 274 valence electrons. The highest BCUT2D eigenvalue weighted by atomic mass is 28.4. The van der Waals surface area contributed by atoms with Gasteiger partial charge in [0, 0.05) is 16.4 Å². The molecule has 2 atom stereocenters. The molecule has 3 rings (SSSR count). The van der Waals surface area contributed by atoms with E-state index < -0.39 is 22.4 Å². The van der Waals surface area contributed by atoms with Gasteiger partial charge in [-0.2, -0.15) is 0 Å². The van der Waals surface area contributed by atoms with Crippen molar-refractivity contribution in [2.24, 2.45) is 5.41 Å². The van der Waals surface area contributed by atoms with Gasteiger partial charge in [-0.05, 0) is 90.0 Å². The van der Waals surface area contributed by atoms with Crippen molar-refractivity contribution < 1.29 is 23.9 Å². The molecule has 0 saturated heterocycles. The fourth-order valence-corrected chi connectivity index (χ4v) is 18.4. The van der Waals surface area contributed by atoms with Crippen LogP contribution in [0.4, 0.5) is 0 Å². The molecule has 0 bridgehead atoms. The van der Waals surface area contributed by atoms with Crippen LogP contribution >= 0.6 is 0 Å². The highest BCUT2D eigenvalue weighted by Gasteiger charge is 2.58. The molecule has 3 aromatic rings. The Labute approximate surface area is 305 Å². The fraction of sp³-hybridized carbons (Fsp3) is 0.535. The Kier molecular flexibility index (Phi) is 13.0. The van der Waals surface area contributed by atoms with Gasteiger partial charge in [-0.25, -0.2) is 4.79 Å². The number of carbonyl (C=O) groups excluding carboxylic acids is 2. The lowest BCUT2D eigenvalue weighted by atomic mass is 9.70. The molecular weight excluding hydrogens is 653 g/mol. The van der Waals surface area contributed by atoms with Crippen LogP contribution in [0.1, 0.15) is 120 Å². The van der Waals surface area contributed by atoms with E-state index in [1.54, 1.807) is 30.3 Å². The van der Waals surface area contributed by atoms with Crippen LogP contribution < -0.4 is 4.74 Å². The van der Waals surface area contributed by atoms with Crippen LogP contribution in [0.25, 0.3) is 0 Å². The SMILES string of the molecule is CCC(C)(Cc1ccccc1O)[Si](C)(C)C(CC)(CC)O[Si](C)(C)C(C)C(C)(C)CC(C)(C)c1ccccc1OC(=O)c1cccc(C=O)c1. The molecule has 0 aromatic heterocycles. The predicted octanol–water partition coefficient (Wildman–Crippen LogP) is 11.9. The summed E-state index contributed by atoms with van der Waals surface area (Å²) in [5.74, 6) is 0.449. The minimum absolute atomic E-state index is 0.0127. The third-order valence-corrected chi connectivity index (χ3v) is 23.4. The number of hydrogen-bond donors (Lipinski definition) is 1. The molecule has 0 spiro atoms. The highest BCUT2D eigenvalue weighted by Crippen LogP contribution is 2.56. The standard InChI is InChI=1S/C43H64O5Si2/c1-14-42(9,29-35-23-17-19-26-37(35)45)50(12,13)43(15-2,16-3)48-49(10,11)32(4)40(5,6)31-41(7,8)36-25-18-20-27-38(36)47-39(46)34-24-21-22-33(28-34)30-44/h17-28,30,32,45H,14-16,29,31H2,1-13H3. The number of para-hydroxylation sites is 2. The van der Waals surface area contributed by atoms with Crippen molar-refractivity contribution in [2.45, 2.75) is 142 Å². The molecular formula is C43H64O5Si2. The zero-order valence-corrected chi connectivity index (χ0v) is 35.2. The molecule has 0 saturated carbocycles. The molecule has 0 fully saturated rings. The van der Waals surface area contributed by atoms with Crippen LogP contribution in [0.5, 0.6) is 11.5 Å². The second-order valence-electron chi connectivity index (χ2n) is 17.2. The molecule has 0 radical (unpaired) electrons. The maximum Gasteiger partial charge on any atom is 0.343 e. The van der Waals surface area contributed by atoms with Gasteiger partial charge in [-0.1, -0.05) is 130 Å². The third-order valence-electron chi connectivity index (χ3n) is 12.8. The van der Waals surface area contributed by atoms with Crippen molar-refractivity contribution in [2.75, 3.05) is 0 Å². The number of ether oxygens (including phenoxy) is 1. The van der Waals surface area contributed by atoms with Crippen LogP contribution in [0, 0.1) is 5.41 Å². The molecule has 0 aliphatic heterocycles. The molecule has 5 nitrogen and oxygen atoms in total. The summed E-state index contributed by atoms with van der Waals surface area (Å²) in [6.07, 6.45) is 5.38. The lowest BCUT2D eigenvalue weighted by Crippen LogP contribution is -2.66. The van der Waals surface area contributed by atoms with E-state index in [9.17, 15) is 14.7 Å². The maximum absolute atomic E-state index is 13.2. The zero-order valence-electron chi connectivity index (χ0n) is 33.2. The number of carbonyl (C=O) groups is 2. The Morgan fingerprint density at radius 2 is 1.44 bits per heavy atom. The summed E-state index contributed by atoms with van der Waals surface area (Å²) >= 11 is 0. The van der Waals surface area contributed by atoms with E-state index in [0.29, 0.717) is 28.2 Å². The summed E-state index contributed by atoms with van der Waals surface area (Å²) < 4.78 is 13.8. The van der Waals surface area contributed by atoms with Crippen LogP contribution in [-0.4, -0.2) is 39.0 Å². The van der Waals surface area contributed by atoms with Crippen molar-refractivity contribution in [1.29, 1.82) is 0 Å². The van der Waals surface area contributed by atoms with Gasteiger partial charge in [-0.15, -0.1) is 0 Å². The van der Waals surface area contributed by atoms with Gasteiger partial charge in [0.05, 0.1) is 13.6 Å². The number of rotatable bonds is 17. The molecule has 1 N–H and O–H groups in total. The van der Waals surface area contributed by atoms with Crippen molar-refractivity contribution in [3.63, 3.8) is 0 Å². The first kappa shape index (κ1) is 41.4. The average molecular weight is 717 g/mol. The third kappa shape index (κ3) is 8.54. The number of esters is 1. The summed E-state index contributed by atoms with van der Waals surface area (Å²) in [6.45, 7) is 30.8. The lowest BCUT2D eigenvalue weighted by molar-refractivity contribution is 0.0730. The number of aldehydes is 1. The van der Waals surface area contributed by atoms with Crippen molar-refractivity contribution in [3.05, 3.63) is 95.1 Å². The second kappa shape index (κ2) is 15.7. The molecule has 0 aliphatic rings. The van der Waals surface area contributed by atoms with E-state index in [1.165, 1.54) is 0 Å². The summed E-state index contributed by atoms with van der Waals surface area (Å²) in [5, 5.41) is 10.6. The van der Waals surface area contributed by atoms with Gasteiger partial charge in [0.25, 0.3) is 0 Å². The van der Waals surface area contributed by atoms with E-state index in [4.69, 9.17) is 9.16 Å². The van der Waals surface area contributed by atoms with Gasteiger partial charge < -0.3 is 14.3 Å². The molecule has 0 aliphatic carbocycles. The first-order valence-corrected chi connectivity index (χ1v) is 24.5. The van der Waals surface area contributed by atoms with Crippen LogP contribution in [0.3, 0.4) is 0 Å². The second-order valence-corrected chi connectivity index (χ2v) is 26.8. The van der Waals surface area contributed by atoms with Crippen molar-refractivity contribution in [3.8, 4) is 11.5 Å². The summed E-state index contributed by atoms with van der Waals surface area (Å²) in [7, 11) is -4.53. The number of hydrogen-bond acceptors (Lipinski definition) is 5. The highest BCUT2D eigenvalue weighted by molar-refractivity contribution is 6.84. The van der Waals surface area contributed by atoms with E-state index in [2.05, 4.69) is 101 Å². The minimum Gasteiger partial charge on any atom is -0.508 e. The van der Waals surface area contributed by atoms with Gasteiger partial charge in [-0.3, -0.25) is 4.79 Å². The maximum atomic E-state index is 13.2. The Morgan fingerprint density at radius 3 is 2.02 bits per heavy atom. The normalized spacial score (nSPS) is 14.9. The van der Waals surface area contributed by atoms with Gasteiger partial charge >= 0.3 is 5.97 Å². The summed E-state index contributed by atoms with van der Waals surface area (Å²) in [6, 6.07) is 22.2. The first-order valence-electron chi connectivity index (χ1n) is 18.5. The molecule has 0 amide bonds. The Hall–Kier alpha value is -3.01. The quantitative estimate of drug-likeness (QED) is 0.0651. The predicted molar refractivity (Wildman–Crippen MR) is 214 cm³/mol. The zero-order chi connectivity index (χ0) is 37.8. The number of benzene rings is 3. The summed E-state index contributed by atoms with van der Waals surface area (Å²) in [5.41, 5.74) is 2.68. The topological polar surface area (TPSA) is 72.8 Å². The molecule has 2 unspecified atom stereocenters. The molecule has 50 heavy (non-hydrogen) atoms. The largest absolute Gasteiger partial charge is 0.508 e. The number of phenolic OH excluding ortho intramolecular Hbond substituents is 1. The number of aromatic hydroxyl groups is 1. The van der Waals surface area contributed by atoms with E-state index in [0.717, 1.165) is 49.5 Å². The van der Waals surface area contributed by atoms with E-state index >= 15 is 0 Å². The van der Waals surface area contributed by atoms with Crippen molar-refractivity contribution >= 4 is 28.6 Å². The smallest absolute Gasteiger partial charge is 0.343 e. The monoisotopic (exact) mass is 716 g/mol.